The number of hydrogen-bond acceptors (Lipinski definition) is 3. The summed E-state index contributed by atoms with van der Waals surface area (Å²) in [5.74, 6) is -0.595. The summed E-state index contributed by atoms with van der Waals surface area (Å²) in [4.78, 5) is 27.5. The second-order valence-electron chi connectivity index (χ2n) is 5.30. The van der Waals surface area contributed by atoms with E-state index in [2.05, 4.69) is 5.32 Å². The number of rotatable bonds is 3. The van der Waals surface area contributed by atoms with E-state index in [0.29, 0.717) is 16.8 Å². The van der Waals surface area contributed by atoms with E-state index in [1.807, 2.05) is 0 Å². The van der Waals surface area contributed by atoms with Gasteiger partial charge in [-0.25, -0.2) is 9.18 Å². The summed E-state index contributed by atoms with van der Waals surface area (Å²) in [6.07, 6.45) is 0. The highest BCUT2D eigenvalue weighted by Gasteiger charge is 2.42. The van der Waals surface area contributed by atoms with Crippen molar-refractivity contribution in [2.45, 2.75) is 6.04 Å². The van der Waals surface area contributed by atoms with Crippen molar-refractivity contribution < 1.29 is 19.1 Å². The van der Waals surface area contributed by atoms with Crippen LogP contribution < -0.4 is 5.32 Å². The van der Waals surface area contributed by atoms with Crippen LogP contribution in [0.1, 0.15) is 11.6 Å². The van der Waals surface area contributed by atoms with Crippen LogP contribution in [-0.2, 0) is 4.79 Å². The van der Waals surface area contributed by atoms with Crippen molar-refractivity contribution in [2.24, 2.45) is 0 Å². The number of amides is 3. The van der Waals surface area contributed by atoms with E-state index >= 15 is 0 Å². The van der Waals surface area contributed by atoms with Crippen molar-refractivity contribution in [3.8, 4) is 0 Å². The number of nitrogens with zero attached hydrogens (tertiary/aromatic N) is 2. The van der Waals surface area contributed by atoms with Crippen molar-refractivity contribution in [1.82, 2.24) is 15.1 Å². The maximum absolute atomic E-state index is 13.1. The SMILES string of the molecule is CN1C(=O)N[C@@H](c2ccc(F)cc2)C2=C1CN(CCO)C2=O. The predicted octanol–water partition coefficient (Wildman–Crippen LogP) is 0.610. The minimum absolute atomic E-state index is 0.140. The highest BCUT2D eigenvalue weighted by molar-refractivity contribution is 6.01. The number of aliphatic hydroxyl groups is 1. The third-order valence-electron chi connectivity index (χ3n) is 4.01. The number of hydrogen-bond donors (Lipinski definition) is 2. The van der Waals surface area contributed by atoms with Gasteiger partial charge in [-0.1, -0.05) is 12.1 Å². The first-order valence-corrected chi connectivity index (χ1v) is 6.95. The maximum Gasteiger partial charge on any atom is 0.322 e. The van der Waals surface area contributed by atoms with Crippen LogP contribution in [0.15, 0.2) is 35.5 Å². The van der Waals surface area contributed by atoms with E-state index in [-0.39, 0.29) is 37.5 Å². The molecular formula is C15H16FN3O3. The average molecular weight is 305 g/mol. The molecule has 6 nitrogen and oxygen atoms in total. The quantitative estimate of drug-likeness (QED) is 0.859. The molecule has 2 N–H and O–H groups in total. The molecule has 1 aromatic rings. The summed E-state index contributed by atoms with van der Waals surface area (Å²) in [5.41, 5.74) is 1.74. The molecule has 3 rings (SSSR count). The van der Waals surface area contributed by atoms with Gasteiger partial charge in [0.2, 0.25) is 0 Å². The van der Waals surface area contributed by atoms with Gasteiger partial charge >= 0.3 is 6.03 Å². The molecule has 1 aromatic carbocycles. The van der Waals surface area contributed by atoms with Crippen molar-refractivity contribution in [2.75, 3.05) is 26.7 Å². The fourth-order valence-electron chi connectivity index (χ4n) is 2.83. The van der Waals surface area contributed by atoms with E-state index < -0.39 is 6.04 Å². The number of halogens is 1. The van der Waals surface area contributed by atoms with Crippen molar-refractivity contribution in [3.05, 3.63) is 46.9 Å². The van der Waals surface area contributed by atoms with Crippen molar-refractivity contribution in [3.63, 3.8) is 0 Å². The largest absolute Gasteiger partial charge is 0.395 e. The maximum atomic E-state index is 13.1. The number of carbonyl (C=O) groups is 2. The average Bonchev–Trinajstić information content (AvgIpc) is 2.82. The Morgan fingerprint density at radius 3 is 2.64 bits per heavy atom. The Morgan fingerprint density at radius 2 is 2.00 bits per heavy atom. The molecule has 0 saturated heterocycles. The van der Waals surface area contributed by atoms with Crippen molar-refractivity contribution >= 4 is 11.9 Å². The molecule has 0 aliphatic carbocycles. The fraction of sp³-hybridized carbons (Fsp3) is 0.333. The summed E-state index contributed by atoms with van der Waals surface area (Å²) >= 11 is 0. The molecule has 2 aliphatic rings. The van der Waals surface area contributed by atoms with E-state index in [9.17, 15) is 14.0 Å². The molecular weight excluding hydrogens is 289 g/mol. The number of likely N-dealkylation sites (N-methyl/N-ethyl adjacent to an activating group) is 1. The van der Waals surface area contributed by atoms with E-state index in [1.54, 1.807) is 19.2 Å². The Hall–Kier alpha value is -2.41. The number of carbonyl (C=O) groups excluding carboxylic acids is 2. The highest BCUT2D eigenvalue weighted by atomic mass is 19.1. The normalized spacial score (nSPS) is 21.3. The number of benzene rings is 1. The lowest BCUT2D eigenvalue weighted by Gasteiger charge is -2.31. The summed E-state index contributed by atoms with van der Waals surface area (Å²) in [5, 5.41) is 11.8. The number of nitrogens with one attached hydrogen (secondary N) is 1. The van der Waals surface area contributed by atoms with Crippen LogP contribution in [0.25, 0.3) is 0 Å². The van der Waals surface area contributed by atoms with Crippen LogP contribution in [0.4, 0.5) is 9.18 Å². The standard InChI is InChI=1S/C15H16FN3O3/c1-18-11-8-19(6-7-20)14(21)12(11)13(17-15(18)22)9-2-4-10(16)5-3-9/h2-5,13,20H,6-8H2,1H3,(H,17,22)/t13-/m0/s1. The molecule has 0 aromatic heterocycles. The monoisotopic (exact) mass is 305 g/mol. The third kappa shape index (κ3) is 2.23. The molecule has 22 heavy (non-hydrogen) atoms. The Labute approximate surface area is 126 Å². The lowest BCUT2D eigenvalue weighted by atomic mass is 9.96. The molecule has 116 valence electrons. The predicted molar refractivity (Wildman–Crippen MR) is 76.1 cm³/mol. The smallest absolute Gasteiger partial charge is 0.322 e. The zero-order valence-electron chi connectivity index (χ0n) is 12.0. The van der Waals surface area contributed by atoms with Gasteiger partial charge in [0.05, 0.1) is 30.5 Å². The van der Waals surface area contributed by atoms with Crippen LogP contribution in [-0.4, -0.2) is 53.6 Å². The van der Waals surface area contributed by atoms with Crippen molar-refractivity contribution in [1.29, 1.82) is 0 Å². The second kappa shape index (κ2) is 5.42. The van der Waals surface area contributed by atoms with Crippen LogP contribution in [0.3, 0.4) is 0 Å². The first-order valence-electron chi connectivity index (χ1n) is 6.95. The van der Waals surface area contributed by atoms with Gasteiger partial charge in [-0.05, 0) is 17.7 Å². The minimum atomic E-state index is -0.601. The van der Waals surface area contributed by atoms with Crippen LogP contribution >= 0.6 is 0 Å². The van der Waals surface area contributed by atoms with Crippen LogP contribution in [0.5, 0.6) is 0 Å². The molecule has 2 heterocycles. The molecule has 0 fully saturated rings. The van der Waals surface area contributed by atoms with Gasteiger partial charge in [-0.2, -0.15) is 0 Å². The van der Waals surface area contributed by atoms with Gasteiger partial charge in [-0.3, -0.25) is 9.69 Å². The fourth-order valence-corrected chi connectivity index (χ4v) is 2.83. The van der Waals surface area contributed by atoms with Gasteiger partial charge < -0.3 is 15.3 Å². The van der Waals surface area contributed by atoms with E-state index in [4.69, 9.17) is 5.11 Å². The zero-order chi connectivity index (χ0) is 15.9. The summed E-state index contributed by atoms with van der Waals surface area (Å²) in [7, 11) is 1.60. The summed E-state index contributed by atoms with van der Waals surface area (Å²) in [6, 6.07) is 4.79. The molecule has 1 atom stereocenters. The first kappa shape index (κ1) is 14.5. The van der Waals surface area contributed by atoms with Gasteiger partial charge in [0.15, 0.2) is 0 Å². The Bertz CT molecular complexity index is 657. The molecule has 3 amide bonds. The van der Waals surface area contributed by atoms with Gasteiger partial charge in [0, 0.05) is 13.6 Å². The molecule has 7 heteroatoms. The highest BCUT2D eigenvalue weighted by Crippen LogP contribution is 2.35. The zero-order valence-corrected chi connectivity index (χ0v) is 12.0. The topological polar surface area (TPSA) is 72.9 Å². The minimum Gasteiger partial charge on any atom is -0.395 e. The van der Waals surface area contributed by atoms with Crippen LogP contribution in [0.2, 0.25) is 0 Å². The first-order chi connectivity index (χ1) is 10.5. The van der Waals surface area contributed by atoms with Crippen LogP contribution in [0, 0.1) is 5.82 Å². The lowest BCUT2D eigenvalue weighted by molar-refractivity contribution is -0.126. The van der Waals surface area contributed by atoms with Gasteiger partial charge in [0.1, 0.15) is 5.82 Å². The van der Waals surface area contributed by atoms with Gasteiger partial charge in [-0.15, -0.1) is 0 Å². The molecule has 0 unspecified atom stereocenters. The summed E-state index contributed by atoms with van der Waals surface area (Å²) in [6.45, 7) is 0.360. The van der Waals surface area contributed by atoms with Gasteiger partial charge in [0.25, 0.3) is 5.91 Å². The molecule has 2 aliphatic heterocycles. The Balaban J connectivity index is 2.02. The summed E-state index contributed by atoms with van der Waals surface area (Å²) < 4.78 is 13.1. The molecule has 0 bridgehead atoms. The molecule has 0 radical (unpaired) electrons. The second-order valence-corrected chi connectivity index (χ2v) is 5.30. The Morgan fingerprint density at radius 1 is 1.32 bits per heavy atom. The van der Waals surface area contributed by atoms with E-state index in [1.165, 1.54) is 21.9 Å². The molecule has 0 saturated carbocycles. The number of aliphatic hydroxyl groups excluding tert-OH is 1. The number of urea groups is 1. The third-order valence-corrected chi connectivity index (χ3v) is 4.01. The van der Waals surface area contributed by atoms with E-state index in [0.717, 1.165) is 0 Å². The number of β-amino-alcohol motifs (C(OH)–C–C–N with tert-alkyl or cyclic N) is 1. The molecule has 0 spiro atoms. The lowest BCUT2D eigenvalue weighted by Crippen LogP contribution is -2.45. The Kier molecular flexibility index (Phi) is 3.58.